The Morgan fingerprint density at radius 1 is 1.28 bits per heavy atom. The number of hydrazine groups is 1. The van der Waals surface area contributed by atoms with Crippen LogP contribution in [0.3, 0.4) is 0 Å². The van der Waals surface area contributed by atoms with Crippen LogP contribution >= 0.6 is 0 Å². The number of anilines is 1. The van der Waals surface area contributed by atoms with Crippen LogP contribution in [0.5, 0.6) is 0 Å². The third-order valence-corrected chi connectivity index (χ3v) is 4.45. The molecule has 32 heavy (non-hydrogen) atoms. The summed E-state index contributed by atoms with van der Waals surface area (Å²) >= 11 is 0. The van der Waals surface area contributed by atoms with Crippen LogP contribution < -0.4 is 28.1 Å². The van der Waals surface area contributed by atoms with Crippen molar-refractivity contribution in [1.82, 2.24) is 20.8 Å². The molecule has 8 heteroatoms. The van der Waals surface area contributed by atoms with Crippen LogP contribution in [-0.2, 0) is 0 Å². The van der Waals surface area contributed by atoms with Gasteiger partial charge in [-0.05, 0) is 49.4 Å². The van der Waals surface area contributed by atoms with Gasteiger partial charge < -0.3 is 22.6 Å². The molecule has 1 rings (SSSR count). The first-order valence-corrected chi connectivity index (χ1v) is 10.4. The number of nitrogen functional groups attached to an aromatic ring is 1. The van der Waals surface area contributed by atoms with E-state index in [-0.39, 0.29) is 5.95 Å². The molecule has 1 atom stereocenters. The summed E-state index contributed by atoms with van der Waals surface area (Å²) in [7, 11) is 1.69. The molecule has 0 aliphatic heterocycles. The molecule has 0 aromatic carbocycles. The average molecular weight is 444 g/mol. The van der Waals surface area contributed by atoms with Crippen molar-refractivity contribution in [2.45, 2.75) is 32.6 Å². The molecule has 0 amide bonds. The topological polar surface area (TPSA) is 128 Å². The Bertz CT molecular complexity index is 827. The molecule has 1 aromatic heterocycles. The van der Waals surface area contributed by atoms with Gasteiger partial charge in [0.25, 0.3) is 0 Å². The molecular formula is C24H38FN7. The molecule has 7 nitrogen and oxygen atoms in total. The van der Waals surface area contributed by atoms with Crippen LogP contribution in [0.15, 0.2) is 79.5 Å². The zero-order chi connectivity index (χ0) is 24.5. The summed E-state index contributed by atoms with van der Waals surface area (Å²) in [6, 6.07) is 1.67. The number of nitrogens with one attached hydrogen (secondary N) is 2. The molecule has 1 aromatic rings. The highest BCUT2D eigenvalue weighted by molar-refractivity contribution is 5.64. The summed E-state index contributed by atoms with van der Waals surface area (Å²) < 4.78 is 12.6. The van der Waals surface area contributed by atoms with Gasteiger partial charge in [0.05, 0.1) is 11.4 Å². The van der Waals surface area contributed by atoms with Crippen molar-refractivity contribution >= 4 is 11.6 Å². The van der Waals surface area contributed by atoms with E-state index >= 15 is 0 Å². The van der Waals surface area contributed by atoms with E-state index in [2.05, 4.69) is 54.1 Å². The van der Waals surface area contributed by atoms with Gasteiger partial charge in [0.1, 0.15) is 5.83 Å². The van der Waals surface area contributed by atoms with Crippen molar-refractivity contribution in [3.63, 3.8) is 0 Å². The van der Waals surface area contributed by atoms with Crippen molar-refractivity contribution in [2.24, 2.45) is 17.4 Å². The number of hydrogen-bond acceptors (Lipinski definition) is 7. The van der Waals surface area contributed by atoms with Gasteiger partial charge >= 0.3 is 0 Å². The predicted octanol–water partition coefficient (Wildman–Crippen LogP) is 3.89. The average Bonchev–Trinajstić information content (AvgIpc) is 2.76. The summed E-state index contributed by atoms with van der Waals surface area (Å²) in [5.41, 5.74) is 26.1. The van der Waals surface area contributed by atoms with Crippen LogP contribution in [0.4, 0.5) is 10.3 Å². The van der Waals surface area contributed by atoms with Gasteiger partial charge in [-0.3, -0.25) is 0 Å². The van der Waals surface area contributed by atoms with E-state index in [9.17, 15) is 4.39 Å². The van der Waals surface area contributed by atoms with Crippen LogP contribution in [0.1, 0.15) is 38.3 Å². The minimum absolute atomic E-state index is 0.142. The number of hydrogen-bond donors (Lipinski definition) is 5. The highest BCUT2D eigenvalue weighted by atomic mass is 19.1. The van der Waals surface area contributed by atoms with Crippen molar-refractivity contribution in [3.05, 3.63) is 85.2 Å². The van der Waals surface area contributed by atoms with E-state index in [1.165, 1.54) is 18.3 Å². The third kappa shape index (κ3) is 11.8. The van der Waals surface area contributed by atoms with Gasteiger partial charge in [-0.1, -0.05) is 51.0 Å². The Kier molecular flexibility index (Phi) is 14.8. The lowest BCUT2D eigenvalue weighted by molar-refractivity contribution is 0.534. The second-order valence-electron chi connectivity index (χ2n) is 7.01. The van der Waals surface area contributed by atoms with Gasteiger partial charge in [0.15, 0.2) is 0 Å². The maximum atomic E-state index is 12.6. The molecule has 0 saturated heterocycles. The van der Waals surface area contributed by atoms with Crippen molar-refractivity contribution < 1.29 is 4.39 Å². The smallest absolute Gasteiger partial charge is 0.220 e. The fourth-order valence-corrected chi connectivity index (χ4v) is 2.73. The Labute approximate surface area is 191 Å². The Morgan fingerprint density at radius 3 is 2.47 bits per heavy atom. The van der Waals surface area contributed by atoms with E-state index in [0.717, 1.165) is 31.4 Å². The van der Waals surface area contributed by atoms with Crippen LogP contribution in [0.2, 0.25) is 0 Å². The minimum atomic E-state index is -0.546. The number of halogens is 1. The number of rotatable bonds is 13. The van der Waals surface area contributed by atoms with Gasteiger partial charge in [-0.15, -0.1) is 0 Å². The maximum Gasteiger partial charge on any atom is 0.220 e. The number of nitrogens with two attached hydrogens (primary N) is 3. The molecule has 1 unspecified atom stereocenters. The summed E-state index contributed by atoms with van der Waals surface area (Å²) in [6.45, 7) is 17.5. The maximum absolute atomic E-state index is 12.6. The quantitative estimate of drug-likeness (QED) is 0.231. The fourth-order valence-electron chi connectivity index (χ4n) is 2.73. The second-order valence-corrected chi connectivity index (χ2v) is 7.01. The standard InChI is InChI=1S/C14H19FN6.C10H19N/c1-9(4-5-10(2)15)8-11(16)13(21-18-3)12-6-7-19-14(17)20-12;1-4-9(3)10(5-2)7-6-8-11/h4-7,18,21H,1-2,8,16H2,3H3,(H2,17,19,20);4,10H,1,3,5-8,11H2,2H3/b5-4-,13-11-;. The summed E-state index contributed by atoms with van der Waals surface area (Å²) in [6.07, 6.45) is 9.84. The molecular weight excluding hydrogens is 405 g/mol. The SMILES string of the molecule is C=C(F)/C=C\C(=C)C/C(N)=C(/NNC)c1ccnc(N)n1.C=CC(=C)C(CC)CCCN. The van der Waals surface area contributed by atoms with Crippen LogP contribution in [0.25, 0.3) is 5.70 Å². The zero-order valence-corrected chi connectivity index (χ0v) is 19.3. The molecule has 8 N–H and O–H groups in total. The summed E-state index contributed by atoms with van der Waals surface area (Å²) in [5.74, 6) is 0.190. The van der Waals surface area contributed by atoms with Gasteiger partial charge in [0.2, 0.25) is 5.95 Å². The summed E-state index contributed by atoms with van der Waals surface area (Å²) in [4.78, 5) is 7.93. The Hall–Kier alpha value is -3.23. The molecule has 0 radical (unpaired) electrons. The number of aromatic nitrogens is 2. The largest absolute Gasteiger partial charge is 0.400 e. The molecule has 176 valence electrons. The summed E-state index contributed by atoms with van der Waals surface area (Å²) in [5, 5.41) is 0. The molecule has 0 bridgehead atoms. The molecule has 0 saturated carbocycles. The lowest BCUT2D eigenvalue weighted by atomic mass is 9.93. The minimum Gasteiger partial charge on any atom is -0.400 e. The van der Waals surface area contributed by atoms with Crippen LogP contribution in [-0.4, -0.2) is 23.6 Å². The number of nitrogens with zero attached hydrogens (tertiary/aromatic N) is 2. The van der Waals surface area contributed by atoms with E-state index in [1.54, 1.807) is 13.1 Å². The zero-order valence-electron chi connectivity index (χ0n) is 19.3. The third-order valence-electron chi connectivity index (χ3n) is 4.45. The van der Waals surface area contributed by atoms with Crippen molar-refractivity contribution in [2.75, 3.05) is 19.3 Å². The molecule has 1 heterocycles. The first-order chi connectivity index (χ1) is 15.2. The highest BCUT2D eigenvalue weighted by Crippen LogP contribution is 2.19. The normalized spacial score (nSPS) is 12.2. The molecule has 0 aliphatic rings. The van der Waals surface area contributed by atoms with Crippen molar-refractivity contribution in [1.29, 1.82) is 0 Å². The first-order valence-electron chi connectivity index (χ1n) is 10.4. The van der Waals surface area contributed by atoms with Gasteiger partial charge in [-0.2, -0.15) is 0 Å². The Morgan fingerprint density at radius 2 is 1.97 bits per heavy atom. The Balaban J connectivity index is 0.000000739. The predicted molar refractivity (Wildman–Crippen MR) is 134 cm³/mol. The molecule has 0 fully saturated rings. The lowest BCUT2D eigenvalue weighted by Crippen LogP contribution is -2.29. The fraction of sp³-hybridized carbons (Fsp3) is 0.333. The van der Waals surface area contributed by atoms with Gasteiger partial charge in [0, 0.05) is 25.4 Å². The highest BCUT2D eigenvalue weighted by Gasteiger charge is 2.09. The van der Waals surface area contributed by atoms with E-state index in [1.807, 2.05) is 6.08 Å². The van der Waals surface area contributed by atoms with E-state index < -0.39 is 5.83 Å². The van der Waals surface area contributed by atoms with E-state index in [0.29, 0.717) is 35.0 Å². The van der Waals surface area contributed by atoms with E-state index in [4.69, 9.17) is 17.2 Å². The number of allylic oxidation sites excluding steroid dienone is 6. The van der Waals surface area contributed by atoms with Crippen molar-refractivity contribution in [3.8, 4) is 0 Å². The molecule has 0 spiro atoms. The second kappa shape index (κ2) is 16.5. The molecule has 0 aliphatic carbocycles. The van der Waals surface area contributed by atoms with Gasteiger partial charge in [-0.25, -0.2) is 19.8 Å². The first kappa shape index (κ1) is 28.8. The van der Waals surface area contributed by atoms with Crippen LogP contribution in [0, 0.1) is 5.92 Å². The lowest BCUT2D eigenvalue weighted by Gasteiger charge is -2.13. The monoisotopic (exact) mass is 443 g/mol.